The van der Waals surface area contributed by atoms with Crippen LogP contribution in [0.3, 0.4) is 0 Å². The predicted molar refractivity (Wildman–Crippen MR) is 259 cm³/mol. The van der Waals surface area contributed by atoms with E-state index in [0.29, 0.717) is 21.7 Å². The highest BCUT2D eigenvalue weighted by Crippen LogP contribution is 2.21. The van der Waals surface area contributed by atoms with E-state index in [1.165, 1.54) is 31.9 Å². The minimum atomic E-state index is -0.562. The summed E-state index contributed by atoms with van der Waals surface area (Å²) in [6.07, 6.45) is 4.97. The van der Waals surface area contributed by atoms with Gasteiger partial charge in [0.25, 0.3) is 0 Å². The largest absolute Gasteiger partial charge is 0.399 e. The Morgan fingerprint density at radius 1 is 0.692 bits per heavy atom. The normalized spacial score (nSPS) is 13.1. The van der Waals surface area contributed by atoms with Crippen LogP contribution in [0.5, 0.6) is 0 Å². The molecule has 65 heavy (non-hydrogen) atoms. The fourth-order valence-corrected chi connectivity index (χ4v) is 6.30. The fraction of sp³-hybridized carbons (Fsp3) is 0.319. The van der Waals surface area contributed by atoms with Gasteiger partial charge in [-0.1, -0.05) is 54.9 Å². The van der Waals surface area contributed by atoms with Crippen LogP contribution in [0.2, 0.25) is 10.3 Å². The molecule has 5 N–H and O–H groups in total. The highest BCUT2D eigenvalue weighted by Gasteiger charge is 2.13. The summed E-state index contributed by atoms with van der Waals surface area (Å²) in [6, 6.07) is 27.5. The number of carbonyl (C=O) groups is 3. The maximum Gasteiger partial charge on any atom is 0.310 e. The van der Waals surface area contributed by atoms with E-state index in [1.54, 1.807) is 36.7 Å². The molecule has 2 saturated heterocycles. The van der Waals surface area contributed by atoms with Crippen molar-refractivity contribution in [2.24, 2.45) is 0 Å². The summed E-state index contributed by atoms with van der Waals surface area (Å²) < 4.78 is 16.8. The SMILES string of the molecule is C.CC(=O)Nc1cccnc1Cl.CC(=O)OC(C)=O.Cc1nc2cccnc2n1-c1ccc(CN2CCOCC2)cc1.Nc1ccc(CN2CCOCC2)cc1.Nc1cccnc1Cl.[CH3-]. The predicted octanol–water partition coefficient (Wildman–Crippen LogP) is 7.86. The molecule has 18 heteroatoms. The number of anilines is 3. The number of benzene rings is 2. The lowest BCUT2D eigenvalue weighted by atomic mass is 10.2. The van der Waals surface area contributed by atoms with Gasteiger partial charge >= 0.3 is 11.9 Å². The molecule has 4 aromatic heterocycles. The van der Waals surface area contributed by atoms with Crippen LogP contribution in [-0.4, -0.2) is 105 Å². The summed E-state index contributed by atoms with van der Waals surface area (Å²) in [7, 11) is 0. The van der Waals surface area contributed by atoms with E-state index < -0.39 is 11.9 Å². The lowest BCUT2D eigenvalue weighted by molar-refractivity contribution is -0.156. The van der Waals surface area contributed by atoms with Crippen molar-refractivity contribution in [2.75, 3.05) is 69.4 Å². The van der Waals surface area contributed by atoms with Gasteiger partial charge in [-0.15, -0.1) is 0 Å². The van der Waals surface area contributed by atoms with E-state index in [9.17, 15) is 14.4 Å². The number of nitrogens with one attached hydrogen (secondary N) is 1. The molecule has 0 spiro atoms. The number of morpholine rings is 2. The molecule has 0 radical (unpaired) electrons. The number of fused-ring (bicyclic) bond motifs is 1. The lowest BCUT2D eigenvalue weighted by Gasteiger charge is -2.26. The Hall–Kier alpha value is -6.01. The minimum absolute atomic E-state index is 0. The van der Waals surface area contributed by atoms with Crippen LogP contribution in [-0.2, 0) is 41.7 Å². The topological polar surface area (TPSA) is 206 Å². The number of amides is 1. The van der Waals surface area contributed by atoms with Gasteiger partial charge in [-0.25, -0.2) is 19.9 Å². The van der Waals surface area contributed by atoms with E-state index in [0.717, 1.165) is 94.1 Å². The molecule has 6 aromatic rings. The van der Waals surface area contributed by atoms with Crippen molar-refractivity contribution < 1.29 is 28.6 Å². The van der Waals surface area contributed by atoms with Crippen molar-refractivity contribution >= 4 is 69.3 Å². The summed E-state index contributed by atoms with van der Waals surface area (Å²) in [5, 5.41) is 3.22. The molecule has 16 nitrogen and oxygen atoms in total. The molecule has 0 aliphatic carbocycles. The standard InChI is InChI=1S/C18H20N4O.C11H16N2O.C7H7ClN2O.C5H5ClN2.C4H6O3.CH4.CH3/c1-14-20-17-3-2-8-19-18(17)22(14)16-6-4-15(5-7-16)13-21-9-11-23-12-10-21;12-11-3-1-10(2-4-11)9-13-5-7-14-8-6-13;1-5(11)10-6-3-2-4-9-7(6)8;6-5-4(7)2-1-3-8-5;1-3(5)7-4(2)6;;/h2-8H,9-13H2,1H3;1-4H,5-9,12H2;2-4H,1H3,(H,10,11);1-3H,7H2;1-2H3;1H4;1H3/q;;;;;;-1. The number of aryl methyl sites for hydroxylation is 1. The van der Waals surface area contributed by atoms with Crippen LogP contribution in [0.4, 0.5) is 17.1 Å². The van der Waals surface area contributed by atoms with Crippen molar-refractivity contribution in [3.63, 3.8) is 0 Å². The second-order valence-corrected chi connectivity index (χ2v) is 14.7. The number of imidazole rings is 1. The van der Waals surface area contributed by atoms with Gasteiger partial charge in [0, 0.05) is 90.0 Å². The Morgan fingerprint density at radius 3 is 1.62 bits per heavy atom. The van der Waals surface area contributed by atoms with Crippen LogP contribution in [0.15, 0.2) is 104 Å². The molecule has 350 valence electrons. The summed E-state index contributed by atoms with van der Waals surface area (Å²) in [5.74, 6) is -0.320. The zero-order valence-electron chi connectivity index (χ0n) is 36.9. The molecule has 2 aliphatic heterocycles. The molecule has 2 aromatic carbocycles. The Morgan fingerprint density at radius 2 is 1.17 bits per heavy atom. The number of nitrogens with zero attached hydrogens (tertiary/aromatic N) is 7. The number of nitrogens with two attached hydrogens (primary N) is 2. The molecule has 8 rings (SSSR count). The molecule has 1 amide bonds. The Balaban J connectivity index is 0.000000299. The average Bonchev–Trinajstić information content (AvgIpc) is 3.60. The van der Waals surface area contributed by atoms with E-state index in [1.807, 2.05) is 37.4 Å². The zero-order chi connectivity index (χ0) is 45.6. The van der Waals surface area contributed by atoms with Crippen molar-refractivity contribution in [3.05, 3.63) is 138 Å². The van der Waals surface area contributed by atoms with Crippen LogP contribution in [0, 0.1) is 14.4 Å². The van der Waals surface area contributed by atoms with Crippen molar-refractivity contribution in [1.82, 2.24) is 34.3 Å². The summed E-state index contributed by atoms with van der Waals surface area (Å²) >= 11 is 11.1. The number of hydrogen-bond donors (Lipinski definition) is 3. The number of nitrogen functional groups attached to an aromatic ring is 2. The molecule has 0 atom stereocenters. The number of halogens is 2. The fourth-order valence-electron chi connectivity index (χ4n) is 6.01. The van der Waals surface area contributed by atoms with Gasteiger partial charge in [0.2, 0.25) is 5.91 Å². The van der Waals surface area contributed by atoms with Crippen LogP contribution >= 0.6 is 23.2 Å². The van der Waals surface area contributed by atoms with E-state index in [4.69, 9.17) is 44.1 Å². The Kier molecular flexibility index (Phi) is 25.0. The number of carbonyl (C=O) groups excluding carboxylic acids is 3. The first-order valence-electron chi connectivity index (χ1n) is 20.1. The van der Waals surface area contributed by atoms with Crippen molar-refractivity contribution in [1.29, 1.82) is 0 Å². The zero-order valence-corrected chi connectivity index (χ0v) is 38.4. The second-order valence-electron chi connectivity index (χ2n) is 14.0. The van der Waals surface area contributed by atoms with Gasteiger partial charge in [-0.05, 0) is 78.7 Å². The highest BCUT2D eigenvalue weighted by atomic mass is 35.5. The number of rotatable bonds is 6. The quantitative estimate of drug-likeness (QED) is 0.0478. The second kappa shape index (κ2) is 29.4. The number of ether oxygens (including phenoxy) is 3. The molecule has 0 saturated carbocycles. The first-order valence-corrected chi connectivity index (χ1v) is 20.8. The monoisotopic (exact) mass is 931 g/mol. The first kappa shape index (κ1) is 55.1. The van der Waals surface area contributed by atoms with Crippen LogP contribution < -0.4 is 16.8 Å². The van der Waals surface area contributed by atoms with E-state index >= 15 is 0 Å². The smallest absolute Gasteiger partial charge is 0.310 e. The van der Waals surface area contributed by atoms with Gasteiger partial charge < -0.3 is 38.4 Å². The number of hydrogen-bond acceptors (Lipinski definition) is 14. The van der Waals surface area contributed by atoms with Gasteiger partial charge in [0.05, 0.1) is 37.8 Å². The molecule has 2 fully saturated rings. The third-order valence-corrected chi connectivity index (χ3v) is 9.54. The molecule has 2 aliphatic rings. The average molecular weight is 933 g/mol. The van der Waals surface area contributed by atoms with Crippen LogP contribution in [0.25, 0.3) is 16.9 Å². The number of esters is 2. The maximum atomic E-state index is 10.6. The van der Waals surface area contributed by atoms with Gasteiger partial charge in [0.15, 0.2) is 16.0 Å². The minimum Gasteiger partial charge on any atom is -0.399 e. The molecule has 6 heterocycles. The molecule has 0 bridgehead atoms. The Labute approximate surface area is 392 Å². The number of aromatic nitrogens is 5. The first-order chi connectivity index (χ1) is 30.3. The van der Waals surface area contributed by atoms with Crippen molar-refractivity contribution in [3.8, 4) is 5.69 Å². The molecule has 0 unspecified atom stereocenters. The van der Waals surface area contributed by atoms with E-state index in [-0.39, 0.29) is 20.8 Å². The van der Waals surface area contributed by atoms with Crippen molar-refractivity contribution in [2.45, 2.75) is 48.2 Å². The molecular weight excluding hydrogens is 871 g/mol. The van der Waals surface area contributed by atoms with Gasteiger partial charge in [-0.3, -0.25) is 28.8 Å². The third-order valence-electron chi connectivity index (χ3n) is 8.92. The number of pyridine rings is 3. The maximum absolute atomic E-state index is 10.6. The highest BCUT2D eigenvalue weighted by molar-refractivity contribution is 6.32. The lowest BCUT2D eigenvalue weighted by Crippen LogP contribution is -2.35. The summed E-state index contributed by atoms with van der Waals surface area (Å²) in [6.45, 7) is 15.3. The van der Waals surface area contributed by atoms with Gasteiger partial charge in [-0.2, -0.15) is 0 Å². The molecular formula is C47H61Cl2N10O6-. The van der Waals surface area contributed by atoms with Crippen LogP contribution in [0.1, 0.15) is 45.1 Å². The summed E-state index contributed by atoms with van der Waals surface area (Å²) in [5.41, 5.74) is 18.4. The summed E-state index contributed by atoms with van der Waals surface area (Å²) in [4.78, 5) is 51.6. The van der Waals surface area contributed by atoms with Gasteiger partial charge in [0.1, 0.15) is 11.3 Å². The Bertz CT molecular complexity index is 2300. The van der Waals surface area contributed by atoms with E-state index in [2.05, 4.69) is 80.8 Å². The third kappa shape index (κ3) is 20.1.